The van der Waals surface area contributed by atoms with Crippen LogP contribution in [0.25, 0.3) is 0 Å². The largest absolute Gasteiger partial charge is 0.469 e. The number of aromatic nitrogens is 2. The molecule has 1 atom stereocenters. The van der Waals surface area contributed by atoms with Crippen LogP contribution in [-0.4, -0.2) is 46.3 Å². The Bertz CT molecular complexity index is 691. The number of esters is 1. The monoisotopic (exact) mass is 396 g/mol. The van der Waals surface area contributed by atoms with Gasteiger partial charge in [0.2, 0.25) is 5.91 Å². The summed E-state index contributed by atoms with van der Waals surface area (Å²) in [5.74, 6) is -0.396. The molecule has 0 aliphatic rings. The van der Waals surface area contributed by atoms with Crippen LogP contribution in [0.5, 0.6) is 0 Å². The van der Waals surface area contributed by atoms with Crippen LogP contribution in [0.4, 0.5) is 10.6 Å². The average molecular weight is 396 g/mol. The Morgan fingerprint density at radius 3 is 2.39 bits per heavy atom. The van der Waals surface area contributed by atoms with Crippen molar-refractivity contribution in [3.63, 3.8) is 0 Å². The Morgan fingerprint density at radius 2 is 1.86 bits per heavy atom. The molecule has 1 aromatic rings. The topological polar surface area (TPSA) is 112 Å². The van der Waals surface area contributed by atoms with Crippen molar-refractivity contribution in [1.29, 1.82) is 0 Å². The van der Waals surface area contributed by atoms with Crippen molar-refractivity contribution in [2.75, 3.05) is 12.4 Å². The molecule has 0 aromatic carbocycles. The highest BCUT2D eigenvalue weighted by Crippen LogP contribution is 2.22. The van der Waals surface area contributed by atoms with Crippen LogP contribution in [0.3, 0.4) is 0 Å². The van der Waals surface area contributed by atoms with E-state index in [4.69, 9.17) is 9.47 Å². The number of carbonyl (C=O) groups is 3. The van der Waals surface area contributed by atoms with Crippen molar-refractivity contribution in [3.8, 4) is 0 Å². The van der Waals surface area contributed by atoms with E-state index in [2.05, 4.69) is 15.6 Å². The van der Waals surface area contributed by atoms with Gasteiger partial charge in [-0.05, 0) is 41.0 Å². The molecule has 0 saturated heterocycles. The second-order valence-corrected chi connectivity index (χ2v) is 8.21. The van der Waals surface area contributed by atoms with Gasteiger partial charge in [-0.25, -0.2) is 9.78 Å². The van der Waals surface area contributed by atoms with Crippen LogP contribution >= 0.6 is 0 Å². The van der Waals surface area contributed by atoms with Gasteiger partial charge in [0.1, 0.15) is 11.6 Å². The van der Waals surface area contributed by atoms with E-state index in [1.807, 2.05) is 20.8 Å². The number of imidazole rings is 1. The number of anilines is 1. The number of hydrogen-bond donors (Lipinski definition) is 2. The van der Waals surface area contributed by atoms with Gasteiger partial charge in [-0.3, -0.25) is 9.59 Å². The predicted octanol–water partition coefficient (Wildman–Crippen LogP) is 2.81. The highest BCUT2D eigenvalue weighted by molar-refractivity contribution is 5.95. The zero-order chi connectivity index (χ0) is 21.5. The Morgan fingerprint density at radius 1 is 1.21 bits per heavy atom. The smallest absolute Gasteiger partial charge is 0.408 e. The molecular weight excluding hydrogens is 364 g/mol. The summed E-state index contributed by atoms with van der Waals surface area (Å²) >= 11 is 0. The summed E-state index contributed by atoms with van der Waals surface area (Å²) in [6.45, 7) is 10.9. The highest BCUT2D eigenvalue weighted by Gasteiger charge is 2.27. The first-order chi connectivity index (χ1) is 12.9. The first-order valence-corrected chi connectivity index (χ1v) is 9.29. The van der Waals surface area contributed by atoms with Gasteiger partial charge in [0, 0.05) is 6.20 Å². The standard InChI is InChI=1S/C19H32N4O5/c1-8-9-13(21-17(26)28-18(2,3)4)16(25)22-14-11-23(12-20-14)19(5,6)10-15(24)27-7/h11-13H,8-10H2,1-7H3,(H,21,26)(H,22,25). The van der Waals surface area contributed by atoms with E-state index in [0.29, 0.717) is 18.7 Å². The molecule has 28 heavy (non-hydrogen) atoms. The van der Waals surface area contributed by atoms with Gasteiger partial charge in [0.25, 0.3) is 0 Å². The van der Waals surface area contributed by atoms with Crippen molar-refractivity contribution < 1.29 is 23.9 Å². The molecule has 0 aliphatic carbocycles. The van der Waals surface area contributed by atoms with Crippen LogP contribution in [0.2, 0.25) is 0 Å². The van der Waals surface area contributed by atoms with E-state index in [9.17, 15) is 14.4 Å². The maximum Gasteiger partial charge on any atom is 0.408 e. The molecule has 2 N–H and O–H groups in total. The lowest BCUT2D eigenvalue weighted by Gasteiger charge is -2.25. The molecule has 1 rings (SSSR count). The number of rotatable bonds is 8. The SMILES string of the molecule is CCCC(NC(=O)OC(C)(C)C)C(=O)Nc1cn(C(C)(C)CC(=O)OC)cn1. The first kappa shape index (κ1) is 23.5. The molecule has 0 bridgehead atoms. The normalized spacial score (nSPS) is 12.8. The second-order valence-electron chi connectivity index (χ2n) is 8.21. The summed E-state index contributed by atoms with van der Waals surface area (Å²) in [7, 11) is 1.34. The van der Waals surface area contributed by atoms with Gasteiger partial charge < -0.3 is 24.7 Å². The van der Waals surface area contributed by atoms with Crippen molar-refractivity contribution in [3.05, 3.63) is 12.5 Å². The number of ether oxygens (including phenoxy) is 2. The maximum atomic E-state index is 12.6. The summed E-state index contributed by atoms with van der Waals surface area (Å²) in [5, 5.41) is 5.29. The first-order valence-electron chi connectivity index (χ1n) is 9.29. The number of carbonyl (C=O) groups excluding carboxylic acids is 3. The van der Waals surface area contributed by atoms with E-state index in [1.165, 1.54) is 13.4 Å². The van der Waals surface area contributed by atoms with Gasteiger partial charge in [-0.1, -0.05) is 13.3 Å². The van der Waals surface area contributed by atoms with E-state index in [1.54, 1.807) is 31.5 Å². The molecule has 158 valence electrons. The minimum atomic E-state index is -0.743. The number of nitrogens with zero attached hydrogens (tertiary/aromatic N) is 2. The molecule has 9 heteroatoms. The zero-order valence-electron chi connectivity index (χ0n) is 17.8. The van der Waals surface area contributed by atoms with Crippen molar-refractivity contribution in [1.82, 2.24) is 14.9 Å². The van der Waals surface area contributed by atoms with Crippen LogP contribution in [0.15, 0.2) is 12.5 Å². The van der Waals surface area contributed by atoms with Gasteiger partial charge in [0.15, 0.2) is 5.82 Å². The minimum Gasteiger partial charge on any atom is -0.469 e. The van der Waals surface area contributed by atoms with E-state index in [0.717, 1.165) is 0 Å². The fraction of sp³-hybridized carbons (Fsp3) is 0.684. The third kappa shape index (κ3) is 7.58. The van der Waals surface area contributed by atoms with Crippen molar-refractivity contribution >= 4 is 23.8 Å². The molecule has 2 amide bonds. The summed E-state index contributed by atoms with van der Waals surface area (Å²) < 4.78 is 11.7. The number of methoxy groups -OCH3 is 1. The van der Waals surface area contributed by atoms with Crippen molar-refractivity contribution in [2.45, 2.75) is 78.0 Å². The molecule has 0 fully saturated rings. The summed E-state index contributed by atoms with van der Waals surface area (Å²) in [6, 6.07) is -0.743. The van der Waals surface area contributed by atoms with E-state index in [-0.39, 0.29) is 18.3 Å². The third-order valence-corrected chi connectivity index (χ3v) is 3.92. The number of hydrogen-bond acceptors (Lipinski definition) is 6. The third-order valence-electron chi connectivity index (χ3n) is 3.92. The highest BCUT2D eigenvalue weighted by atomic mass is 16.6. The lowest BCUT2D eigenvalue weighted by molar-refractivity contribution is -0.142. The minimum absolute atomic E-state index is 0.159. The lowest BCUT2D eigenvalue weighted by Crippen LogP contribution is -2.45. The van der Waals surface area contributed by atoms with Crippen LogP contribution in [0, 0.1) is 0 Å². The molecule has 1 aromatic heterocycles. The molecular formula is C19H32N4O5. The van der Waals surface area contributed by atoms with E-state index >= 15 is 0 Å². The zero-order valence-corrected chi connectivity index (χ0v) is 17.8. The van der Waals surface area contributed by atoms with Crippen LogP contribution in [-0.2, 0) is 24.6 Å². The summed E-state index contributed by atoms with van der Waals surface area (Å²) in [5.41, 5.74) is -1.22. The fourth-order valence-corrected chi connectivity index (χ4v) is 2.46. The molecule has 1 heterocycles. The lowest BCUT2D eigenvalue weighted by atomic mass is 10.0. The summed E-state index contributed by atoms with van der Waals surface area (Å²) in [6.07, 6.45) is 3.84. The number of nitrogens with one attached hydrogen (secondary N) is 2. The quantitative estimate of drug-likeness (QED) is 0.654. The Kier molecular flexibility index (Phi) is 8.01. The van der Waals surface area contributed by atoms with Gasteiger partial charge in [-0.15, -0.1) is 0 Å². The second kappa shape index (κ2) is 9.57. The Hall–Kier alpha value is -2.58. The Labute approximate surface area is 166 Å². The summed E-state index contributed by atoms with van der Waals surface area (Å²) in [4.78, 5) is 40.3. The van der Waals surface area contributed by atoms with Crippen LogP contribution < -0.4 is 10.6 Å². The maximum absolute atomic E-state index is 12.6. The van der Waals surface area contributed by atoms with Crippen molar-refractivity contribution in [2.24, 2.45) is 0 Å². The van der Waals surface area contributed by atoms with Gasteiger partial charge in [0.05, 0.1) is 25.4 Å². The molecule has 0 aliphatic heterocycles. The van der Waals surface area contributed by atoms with E-state index < -0.39 is 23.3 Å². The molecule has 0 saturated carbocycles. The molecule has 1 unspecified atom stereocenters. The molecule has 9 nitrogen and oxygen atoms in total. The molecule has 0 spiro atoms. The molecule has 0 radical (unpaired) electrons. The Balaban J connectivity index is 2.80. The number of alkyl carbamates (subject to hydrolysis) is 1. The van der Waals surface area contributed by atoms with Crippen LogP contribution in [0.1, 0.15) is 60.8 Å². The van der Waals surface area contributed by atoms with Gasteiger partial charge in [-0.2, -0.15) is 0 Å². The van der Waals surface area contributed by atoms with Gasteiger partial charge >= 0.3 is 12.1 Å². The average Bonchev–Trinajstić information content (AvgIpc) is 3.01. The predicted molar refractivity (Wildman–Crippen MR) is 105 cm³/mol. The fourth-order valence-electron chi connectivity index (χ4n) is 2.46. The number of amides is 2.